The number of hydrogen-bond donors (Lipinski definition) is 1. The van der Waals surface area contributed by atoms with Gasteiger partial charge in [-0.1, -0.05) is 13.8 Å². The van der Waals surface area contributed by atoms with Gasteiger partial charge in [0.2, 0.25) is 0 Å². The molecule has 0 atom stereocenters. The van der Waals surface area contributed by atoms with Gasteiger partial charge in [0.15, 0.2) is 17.2 Å². The summed E-state index contributed by atoms with van der Waals surface area (Å²) >= 11 is 3.59. The van der Waals surface area contributed by atoms with E-state index >= 15 is 0 Å². The number of fused-ring (bicyclic) bond motifs is 1. The van der Waals surface area contributed by atoms with Crippen LogP contribution in [0.5, 0.6) is 11.5 Å². The summed E-state index contributed by atoms with van der Waals surface area (Å²) < 4.78 is 13.9. The third-order valence-electron chi connectivity index (χ3n) is 3.75. The first-order chi connectivity index (χ1) is 10.9. The van der Waals surface area contributed by atoms with Crippen molar-refractivity contribution in [3.05, 3.63) is 27.9 Å². The molecule has 0 bridgehead atoms. The molecule has 3 rings (SSSR count). The van der Waals surface area contributed by atoms with Crippen molar-refractivity contribution in [3.8, 4) is 22.8 Å². The predicted octanol–water partition coefficient (Wildman–Crippen LogP) is 3.44. The molecule has 2 aromatic rings. The van der Waals surface area contributed by atoms with Crippen molar-refractivity contribution < 1.29 is 19.4 Å². The second kappa shape index (κ2) is 5.88. The molecule has 1 aromatic carbocycles. The van der Waals surface area contributed by atoms with Gasteiger partial charge < -0.3 is 14.6 Å². The zero-order valence-electron chi connectivity index (χ0n) is 13.1. The molecule has 0 fully saturated rings. The van der Waals surface area contributed by atoms with E-state index in [1.54, 1.807) is 17.8 Å². The highest BCUT2D eigenvalue weighted by molar-refractivity contribution is 9.10. The Bertz CT molecular complexity index is 783. The summed E-state index contributed by atoms with van der Waals surface area (Å²) in [6.45, 7) is 5.15. The molecule has 0 spiro atoms. The zero-order chi connectivity index (χ0) is 16.7. The smallest absolute Gasteiger partial charge is 0.356 e. The molecule has 0 unspecified atom stereocenters. The van der Waals surface area contributed by atoms with Crippen molar-refractivity contribution in [1.29, 1.82) is 0 Å². The van der Waals surface area contributed by atoms with E-state index in [4.69, 9.17) is 9.47 Å². The van der Waals surface area contributed by atoms with Crippen LogP contribution in [0.25, 0.3) is 11.3 Å². The summed E-state index contributed by atoms with van der Waals surface area (Å²) in [6, 6.07) is 3.44. The average molecular weight is 381 g/mol. The maximum absolute atomic E-state index is 11.2. The van der Waals surface area contributed by atoms with Crippen LogP contribution in [-0.2, 0) is 7.05 Å². The van der Waals surface area contributed by atoms with Crippen LogP contribution in [0.1, 0.15) is 35.8 Å². The van der Waals surface area contributed by atoms with Gasteiger partial charge in [-0.3, -0.25) is 4.68 Å². The van der Waals surface area contributed by atoms with Gasteiger partial charge in [-0.25, -0.2) is 4.79 Å². The number of aromatic nitrogens is 2. The maximum atomic E-state index is 11.2. The summed E-state index contributed by atoms with van der Waals surface area (Å²) in [5.41, 5.74) is 2.59. The second-order valence-corrected chi connectivity index (χ2v) is 6.52. The Kier molecular flexibility index (Phi) is 4.06. The Balaban J connectivity index is 2.28. The molecule has 0 saturated heterocycles. The van der Waals surface area contributed by atoms with Gasteiger partial charge in [0.25, 0.3) is 0 Å². The highest BCUT2D eigenvalue weighted by Crippen LogP contribution is 2.47. The third-order valence-corrected chi connectivity index (χ3v) is 4.38. The first-order valence-electron chi connectivity index (χ1n) is 7.29. The van der Waals surface area contributed by atoms with Crippen molar-refractivity contribution >= 4 is 21.9 Å². The average Bonchev–Trinajstić information content (AvgIpc) is 2.87. The van der Waals surface area contributed by atoms with E-state index in [0.29, 0.717) is 19.0 Å². The highest BCUT2D eigenvalue weighted by Gasteiger charge is 2.27. The Morgan fingerprint density at radius 3 is 2.65 bits per heavy atom. The molecule has 1 aliphatic rings. The number of aromatic carboxylic acids is 1. The Morgan fingerprint density at radius 1 is 1.35 bits per heavy atom. The monoisotopic (exact) mass is 380 g/mol. The quantitative estimate of drug-likeness (QED) is 0.882. The minimum atomic E-state index is -1.05. The molecular formula is C16H17BrN2O4. The number of halogens is 1. The minimum Gasteiger partial charge on any atom is -0.486 e. The normalized spacial score (nSPS) is 13.4. The van der Waals surface area contributed by atoms with Crippen molar-refractivity contribution in [2.75, 3.05) is 13.2 Å². The summed E-state index contributed by atoms with van der Waals surface area (Å²) in [5, 5.41) is 13.2. The summed E-state index contributed by atoms with van der Waals surface area (Å²) in [5.74, 6) is 0.548. The number of ether oxygens (including phenoxy) is 2. The first-order valence-corrected chi connectivity index (χ1v) is 8.09. The fraction of sp³-hybridized carbons (Fsp3) is 0.375. The topological polar surface area (TPSA) is 73.6 Å². The molecule has 23 heavy (non-hydrogen) atoms. The van der Waals surface area contributed by atoms with E-state index in [0.717, 1.165) is 27.0 Å². The standard InChI is InChI=1S/C16H17BrN2O4/c1-8(2)13-14(11-7-10(16(20)21)18-19(11)3)9(17)6-12-15(13)23-5-4-22-12/h6-8H,4-5H2,1-3H3,(H,20,21). The number of nitrogens with zero attached hydrogens (tertiary/aromatic N) is 2. The summed E-state index contributed by atoms with van der Waals surface area (Å²) in [4.78, 5) is 11.2. The Hall–Kier alpha value is -2.02. The second-order valence-electron chi connectivity index (χ2n) is 5.67. The van der Waals surface area contributed by atoms with Gasteiger partial charge in [0.05, 0.1) is 5.69 Å². The lowest BCUT2D eigenvalue weighted by molar-refractivity contribution is 0.0689. The van der Waals surface area contributed by atoms with E-state index in [2.05, 4.69) is 34.9 Å². The molecule has 1 aromatic heterocycles. The molecule has 0 radical (unpaired) electrons. The molecule has 0 saturated carbocycles. The molecule has 122 valence electrons. The number of carbonyl (C=O) groups is 1. The van der Waals surface area contributed by atoms with Gasteiger partial charge in [-0.15, -0.1) is 0 Å². The van der Waals surface area contributed by atoms with E-state index in [1.165, 1.54) is 0 Å². The van der Waals surface area contributed by atoms with Crippen LogP contribution in [0, 0.1) is 0 Å². The number of rotatable bonds is 3. The van der Waals surface area contributed by atoms with Gasteiger partial charge in [0, 0.05) is 22.6 Å². The lowest BCUT2D eigenvalue weighted by Gasteiger charge is -2.26. The van der Waals surface area contributed by atoms with Crippen molar-refractivity contribution in [1.82, 2.24) is 9.78 Å². The number of aryl methyl sites for hydroxylation is 1. The molecule has 1 aliphatic heterocycles. The fourth-order valence-electron chi connectivity index (χ4n) is 2.80. The van der Waals surface area contributed by atoms with Crippen LogP contribution >= 0.6 is 15.9 Å². The van der Waals surface area contributed by atoms with Crippen molar-refractivity contribution in [3.63, 3.8) is 0 Å². The van der Waals surface area contributed by atoms with E-state index in [9.17, 15) is 9.90 Å². The van der Waals surface area contributed by atoms with E-state index in [1.807, 2.05) is 6.07 Å². The maximum Gasteiger partial charge on any atom is 0.356 e. The summed E-state index contributed by atoms with van der Waals surface area (Å²) in [6.07, 6.45) is 0. The molecule has 6 nitrogen and oxygen atoms in total. The molecule has 7 heteroatoms. The Morgan fingerprint density at radius 2 is 2.04 bits per heavy atom. The predicted molar refractivity (Wildman–Crippen MR) is 88.4 cm³/mol. The minimum absolute atomic E-state index is 0.0130. The molecule has 0 amide bonds. The van der Waals surface area contributed by atoms with Crippen LogP contribution in [0.3, 0.4) is 0 Å². The lowest BCUT2D eigenvalue weighted by Crippen LogP contribution is -2.17. The van der Waals surface area contributed by atoms with E-state index in [-0.39, 0.29) is 11.6 Å². The third kappa shape index (κ3) is 2.69. The van der Waals surface area contributed by atoms with Crippen LogP contribution in [-0.4, -0.2) is 34.1 Å². The largest absolute Gasteiger partial charge is 0.486 e. The number of benzene rings is 1. The van der Waals surface area contributed by atoms with Gasteiger partial charge in [0.1, 0.15) is 13.2 Å². The van der Waals surface area contributed by atoms with Gasteiger partial charge in [-0.2, -0.15) is 5.10 Å². The zero-order valence-corrected chi connectivity index (χ0v) is 14.7. The molecule has 1 N–H and O–H groups in total. The molecule has 2 heterocycles. The fourth-order valence-corrected chi connectivity index (χ4v) is 3.42. The first kappa shape index (κ1) is 15.9. The molecular weight excluding hydrogens is 364 g/mol. The van der Waals surface area contributed by atoms with Crippen LogP contribution in [0.15, 0.2) is 16.6 Å². The van der Waals surface area contributed by atoms with Crippen molar-refractivity contribution in [2.24, 2.45) is 7.05 Å². The van der Waals surface area contributed by atoms with E-state index < -0.39 is 5.97 Å². The summed E-state index contributed by atoms with van der Waals surface area (Å²) in [7, 11) is 1.73. The van der Waals surface area contributed by atoms with Crippen LogP contribution in [0.4, 0.5) is 0 Å². The number of hydrogen-bond acceptors (Lipinski definition) is 4. The van der Waals surface area contributed by atoms with Gasteiger partial charge >= 0.3 is 5.97 Å². The molecule has 0 aliphatic carbocycles. The Labute approximate surface area is 142 Å². The highest BCUT2D eigenvalue weighted by atomic mass is 79.9. The number of carboxylic acids is 1. The van der Waals surface area contributed by atoms with Crippen LogP contribution < -0.4 is 9.47 Å². The van der Waals surface area contributed by atoms with Crippen LogP contribution in [0.2, 0.25) is 0 Å². The lowest BCUT2D eigenvalue weighted by atomic mass is 9.93. The van der Waals surface area contributed by atoms with Gasteiger partial charge in [-0.05, 0) is 34.0 Å². The SMILES string of the molecule is CC(C)c1c2c(cc(Br)c1-c1cc(C(=O)O)nn1C)OCCO2. The number of carboxylic acid groups (broad SMARTS) is 1. The van der Waals surface area contributed by atoms with Crippen molar-refractivity contribution in [2.45, 2.75) is 19.8 Å².